The minimum atomic E-state index is -0.359. The Kier molecular flexibility index (Phi) is 5.98. The lowest BCUT2D eigenvalue weighted by molar-refractivity contribution is -0.670. The molecule has 31 heavy (non-hydrogen) atoms. The fourth-order valence-electron chi connectivity index (χ4n) is 3.43. The third-order valence-corrected chi connectivity index (χ3v) is 5.33. The monoisotopic (exact) mass is 453 g/mol. The number of rotatable bonds is 5. The smallest absolute Gasteiger partial charge is 0.354 e. The SMILES string of the molecule is COc1ccc(/C=C/C[n+]2c(O)c(-c3cc(Cl)cc(Cl)c3)c(=O)n3ccccc32)cc1. The third kappa shape index (κ3) is 4.29. The molecule has 7 heteroatoms. The van der Waals surface area contributed by atoms with Gasteiger partial charge in [-0.1, -0.05) is 47.5 Å². The van der Waals surface area contributed by atoms with Gasteiger partial charge in [0.05, 0.1) is 13.3 Å². The second-order valence-electron chi connectivity index (χ2n) is 6.88. The van der Waals surface area contributed by atoms with Crippen molar-refractivity contribution in [2.75, 3.05) is 7.11 Å². The number of benzene rings is 2. The van der Waals surface area contributed by atoms with Crippen LogP contribution in [0.25, 0.3) is 22.9 Å². The van der Waals surface area contributed by atoms with E-state index in [1.165, 1.54) is 4.40 Å². The molecule has 0 aliphatic rings. The number of hydrogen-bond donors (Lipinski definition) is 1. The van der Waals surface area contributed by atoms with Gasteiger partial charge in [-0.15, -0.1) is 0 Å². The molecule has 0 spiro atoms. The van der Waals surface area contributed by atoms with Crippen LogP contribution < -0.4 is 14.9 Å². The van der Waals surface area contributed by atoms with Crippen LogP contribution in [0.15, 0.2) is 77.7 Å². The molecule has 2 heterocycles. The van der Waals surface area contributed by atoms with E-state index in [4.69, 9.17) is 27.9 Å². The van der Waals surface area contributed by atoms with Crippen LogP contribution in [0.3, 0.4) is 0 Å². The quantitative estimate of drug-likeness (QED) is 0.433. The predicted octanol–water partition coefficient (Wildman–Crippen LogP) is 4.99. The summed E-state index contributed by atoms with van der Waals surface area (Å²) in [5.74, 6) is 0.622. The maximum atomic E-state index is 13.2. The summed E-state index contributed by atoms with van der Waals surface area (Å²) >= 11 is 12.3. The molecule has 0 bridgehead atoms. The molecular formula is C24H19Cl2N2O3+. The van der Waals surface area contributed by atoms with Gasteiger partial charge in [0, 0.05) is 21.7 Å². The average molecular weight is 454 g/mol. The van der Waals surface area contributed by atoms with E-state index in [9.17, 15) is 9.90 Å². The highest BCUT2D eigenvalue weighted by Crippen LogP contribution is 2.29. The number of aromatic hydroxyl groups is 1. The normalized spacial score (nSPS) is 11.3. The maximum Gasteiger partial charge on any atom is 0.354 e. The predicted molar refractivity (Wildman–Crippen MR) is 123 cm³/mol. The molecule has 2 aromatic heterocycles. The molecule has 5 nitrogen and oxygen atoms in total. The number of halogens is 2. The van der Waals surface area contributed by atoms with E-state index in [2.05, 4.69) is 0 Å². The largest absolute Gasteiger partial charge is 0.497 e. The highest BCUT2D eigenvalue weighted by atomic mass is 35.5. The zero-order valence-corrected chi connectivity index (χ0v) is 18.1. The summed E-state index contributed by atoms with van der Waals surface area (Å²) in [4.78, 5) is 13.2. The fourth-order valence-corrected chi connectivity index (χ4v) is 3.95. The van der Waals surface area contributed by atoms with Crippen molar-refractivity contribution in [3.8, 4) is 22.8 Å². The van der Waals surface area contributed by atoms with Gasteiger partial charge in [0.2, 0.25) is 0 Å². The van der Waals surface area contributed by atoms with Gasteiger partial charge in [-0.3, -0.25) is 0 Å². The van der Waals surface area contributed by atoms with Crippen LogP contribution in [0.4, 0.5) is 0 Å². The molecule has 4 rings (SSSR count). The molecule has 2 aromatic carbocycles. The van der Waals surface area contributed by atoms with Crippen molar-refractivity contribution in [3.05, 3.63) is 98.9 Å². The van der Waals surface area contributed by atoms with Crippen LogP contribution in [0, 0.1) is 0 Å². The minimum absolute atomic E-state index is 0.131. The number of pyridine rings is 1. The second-order valence-corrected chi connectivity index (χ2v) is 7.75. The van der Waals surface area contributed by atoms with Crippen molar-refractivity contribution in [1.29, 1.82) is 0 Å². The van der Waals surface area contributed by atoms with Crippen LogP contribution in [0.5, 0.6) is 11.6 Å². The van der Waals surface area contributed by atoms with Crippen molar-refractivity contribution < 1.29 is 14.4 Å². The maximum absolute atomic E-state index is 13.2. The lowest BCUT2D eigenvalue weighted by atomic mass is 10.1. The van der Waals surface area contributed by atoms with E-state index in [1.54, 1.807) is 48.2 Å². The summed E-state index contributed by atoms with van der Waals surface area (Å²) in [6, 6.07) is 17.8. The van der Waals surface area contributed by atoms with Crippen molar-refractivity contribution in [3.63, 3.8) is 0 Å². The van der Waals surface area contributed by atoms with Gasteiger partial charge >= 0.3 is 5.56 Å². The summed E-state index contributed by atoms with van der Waals surface area (Å²) in [6.45, 7) is 0.340. The number of methoxy groups -OCH3 is 1. The molecule has 0 fully saturated rings. The van der Waals surface area contributed by atoms with Crippen LogP contribution in [-0.4, -0.2) is 16.6 Å². The molecule has 0 aliphatic carbocycles. The molecule has 0 saturated heterocycles. The molecule has 0 atom stereocenters. The van der Waals surface area contributed by atoms with E-state index in [-0.39, 0.29) is 17.0 Å². The standard InChI is InChI=1S/C24H18Cl2N2O3/c1-31-20-9-7-16(8-10-20)5-4-12-28-21-6-2-3-11-27(21)23(29)22(24(28)30)17-13-18(25)15-19(26)14-17/h2-11,13-15H,12H2,1H3/p+1/b5-4+. The number of ether oxygens (including phenoxy) is 1. The highest BCUT2D eigenvalue weighted by Gasteiger charge is 2.24. The van der Waals surface area contributed by atoms with Crippen molar-refractivity contribution in [2.24, 2.45) is 0 Å². The second kappa shape index (κ2) is 8.84. The fraction of sp³-hybridized carbons (Fsp3) is 0.0833. The Labute approximate surface area is 189 Å². The molecule has 0 amide bonds. The number of allylic oxidation sites excluding steroid dienone is 1. The summed E-state index contributed by atoms with van der Waals surface area (Å²) in [5.41, 5.74) is 1.76. The van der Waals surface area contributed by atoms with Gasteiger partial charge in [0.25, 0.3) is 11.5 Å². The van der Waals surface area contributed by atoms with Crippen LogP contribution in [0.2, 0.25) is 10.0 Å². The number of hydrogen-bond acceptors (Lipinski definition) is 3. The Morgan fingerprint density at radius 3 is 2.45 bits per heavy atom. The molecule has 4 aromatic rings. The molecule has 0 unspecified atom stereocenters. The zero-order valence-electron chi connectivity index (χ0n) is 16.6. The first kappa shape index (κ1) is 21.0. The van der Waals surface area contributed by atoms with Crippen molar-refractivity contribution >= 4 is 34.9 Å². The topological polar surface area (TPSA) is 54.8 Å². The molecule has 0 radical (unpaired) electrons. The van der Waals surface area contributed by atoms with Gasteiger partial charge in [-0.25, -0.2) is 4.79 Å². The first-order valence-corrected chi connectivity index (χ1v) is 10.3. The summed E-state index contributed by atoms with van der Waals surface area (Å²) in [6.07, 6.45) is 5.51. The highest BCUT2D eigenvalue weighted by molar-refractivity contribution is 6.35. The summed E-state index contributed by atoms with van der Waals surface area (Å²) < 4.78 is 8.33. The molecular weight excluding hydrogens is 435 g/mol. The average Bonchev–Trinajstić information content (AvgIpc) is 2.76. The van der Waals surface area contributed by atoms with E-state index in [0.29, 0.717) is 27.8 Å². The lowest BCUT2D eigenvalue weighted by Crippen LogP contribution is -2.40. The van der Waals surface area contributed by atoms with Gasteiger partial charge in [0.1, 0.15) is 12.3 Å². The van der Waals surface area contributed by atoms with Gasteiger partial charge < -0.3 is 9.84 Å². The lowest BCUT2D eigenvalue weighted by Gasteiger charge is -2.09. The molecule has 156 valence electrons. The first-order valence-electron chi connectivity index (χ1n) is 9.51. The Bertz CT molecular complexity index is 1330. The van der Waals surface area contributed by atoms with E-state index >= 15 is 0 Å². The zero-order chi connectivity index (χ0) is 22.0. The van der Waals surface area contributed by atoms with Crippen molar-refractivity contribution in [2.45, 2.75) is 6.54 Å². The summed E-state index contributed by atoms with van der Waals surface area (Å²) in [7, 11) is 1.62. The Morgan fingerprint density at radius 2 is 1.77 bits per heavy atom. The Balaban J connectivity index is 1.82. The van der Waals surface area contributed by atoms with Crippen LogP contribution >= 0.6 is 23.2 Å². The first-order chi connectivity index (χ1) is 15.0. The van der Waals surface area contributed by atoms with E-state index in [0.717, 1.165) is 11.3 Å². The van der Waals surface area contributed by atoms with E-state index < -0.39 is 0 Å². The third-order valence-electron chi connectivity index (χ3n) is 4.89. The number of aromatic nitrogens is 2. The number of fused-ring (bicyclic) bond motifs is 1. The van der Waals surface area contributed by atoms with Crippen molar-refractivity contribution in [1.82, 2.24) is 4.40 Å². The van der Waals surface area contributed by atoms with Gasteiger partial charge in [-0.2, -0.15) is 8.97 Å². The molecule has 0 aliphatic heterocycles. The van der Waals surface area contributed by atoms with Crippen LogP contribution in [0.1, 0.15) is 5.56 Å². The van der Waals surface area contributed by atoms with Gasteiger partial charge in [0.15, 0.2) is 5.56 Å². The van der Waals surface area contributed by atoms with E-state index in [1.807, 2.05) is 42.5 Å². The van der Waals surface area contributed by atoms with Crippen LogP contribution in [-0.2, 0) is 6.54 Å². The minimum Gasteiger partial charge on any atom is -0.497 e. The molecule has 1 N–H and O–H groups in total. The van der Waals surface area contributed by atoms with Gasteiger partial charge in [-0.05, 0) is 48.0 Å². The Morgan fingerprint density at radius 1 is 1.06 bits per heavy atom. The summed E-state index contributed by atoms with van der Waals surface area (Å²) in [5, 5.41) is 11.8. The number of nitrogens with zero attached hydrogens (tertiary/aromatic N) is 2. The molecule has 0 saturated carbocycles. The Hall–Kier alpha value is -3.28.